The number of halogens is 5. The van der Waals surface area contributed by atoms with Crippen LogP contribution in [-0.2, 0) is 10.9 Å². The van der Waals surface area contributed by atoms with Crippen molar-refractivity contribution in [1.29, 1.82) is 0 Å². The number of imidazole rings is 1. The third-order valence-electron chi connectivity index (χ3n) is 3.50. The summed E-state index contributed by atoms with van der Waals surface area (Å²) in [5.41, 5.74) is 0.284. The number of pyridine rings is 1. The first kappa shape index (κ1) is 17.6. The van der Waals surface area contributed by atoms with E-state index in [4.69, 9.17) is 23.2 Å². The van der Waals surface area contributed by atoms with Gasteiger partial charge in [-0.15, -0.1) is 0 Å². The number of aromatic nitrogens is 2. The number of esters is 1. The highest BCUT2D eigenvalue weighted by Crippen LogP contribution is 2.40. The molecular weight excluding hydrogens is 380 g/mol. The van der Waals surface area contributed by atoms with Crippen LogP contribution >= 0.6 is 23.2 Å². The van der Waals surface area contributed by atoms with Gasteiger partial charge in [-0.25, -0.2) is 9.78 Å². The van der Waals surface area contributed by atoms with Crippen LogP contribution in [-0.4, -0.2) is 22.5 Å². The second kappa shape index (κ2) is 6.24. The molecule has 0 amide bonds. The minimum absolute atomic E-state index is 0.170. The average Bonchev–Trinajstić information content (AvgIpc) is 2.94. The molecule has 0 fully saturated rings. The molecule has 0 unspecified atom stereocenters. The lowest BCUT2D eigenvalue weighted by molar-refractivity contribution is -0.137. The molecule has 130 valence electrons. The zero-order valence-corrected chi connectivity index (χ0v) is 14.1. The van der Waals surface area contributed by atoms with Crippen LogP contribution in [0.25, 0.3) is 16.9 Å². The molecule has 1 aromatic carbocycles. The fraction of sp³-hybridized carbons (Fsp3) is 0.125. The Morgan fingerprint density at radius 3 is 2.36 bits per heavy atom. The normalized spacial score (nSPS) is 11.8. The average molecular weight is 389 g/mol. The van der Waals surface area contributed by atoms with E-state index >= 15 is 0 Å². The Labute approximate surface area is 149 Å². The third-order valence-corrected chi connectivity index (χ3v) is 4.09. The van der Waals surface area contributed by atoms with Crippen LogP contribution in [0.4, 0.5) is 13.2 Å². The number of methoxy groups -OCH3 is 1. The number of hydrogen-bond acceptors (Lipinski definition) is 3. The largest absolute Gasteiger partial charge is 0.465 e. The second-order valence-electron chi connectivity index (χ2n) is 5.11. The van der Waals surface area contributed by atoms with Crippen molar-refractivity contribution in [2.75, 3.05) is 7.11 Å². The molecule has 0 N–H and O–H groups in total. The number of hydrogen-bond donors (Lipinski definition) is 0. The molecule has 0 radical (unpaired) electrons. The summed E-state index contributed by atoms with van der Waals surface area (Å²) in [7, 11) is 1.26. The van der Waals surface area contributed by atoms with E-state index in [0.29, 0.717) is 11.2 Å². The van der Waals surface area contributed by atoms with E-state index in [-0.39, 0.29) is 21.3 Å². The number of nitrogens with zero attached hydrogens (tertiary/aromatic N) is 2. The third kappa shape index (κ3) is 3.29. The van der Waals surface area contributed by atoms with Gasteiger partial charge in [-0.1, -0.05) is 23.2 Å². The van der Waals surface area contributed by atoms with Crippen molar-refractivity contribution in [3.8, 4) is 11.3 Å². The van der Waals surface area contributed by atoms with Gasteiger partial charge >= 0.3 is 12.1 Å². The minimum Gasteiger partial charge on any atom is -0.465 e. The van der Waals surface area contributed by atoms with Gasteiger partial charge in [0.05, 0.1) is 34.0 Å². The van der Waals surface area contributed by atoms with Gasteiger partial charge in [0, 0.05) is 18.0 Å². The van der Waals surface area contributed by atoms with E-state index in [9.17, 15) is 18.0 Å². The second-order valence-corrected chi connectivity index (χ2v) is 5.93. The topological polar surface area (TPSA) is 43.6 Å². The summed E-state index contributed by atoms with van der Waals surface area (Å²) >= 11 is 12.0. The van der Waals surface area contributed by atoms with E-state index in [1.807, 2.05) is 0 Å². The fourth-order valence-corrected chi connectivity index (χ4v) is 3.01. The number of rotatable bonds is 2. The van der Waals surface area contributed by atoms with E-state index < -0.39 is 17.7 Å². The molecule has 0 bridgehead atoms. The van der Waals surface area contributed by atoms with Crippen LogP contribution in [0.5, 0.6) is 0 Å². The summed E-state index contributed by atoms with van der Waals surface area (Å²) in [6.07, 6.45) is -1.55. The molecule has 0 spiro atoms. The summed E-state index contributed by atoms with van der Waals surface area (Å²) in [6, 6.07) is 4.69. The Morgan fingerprint density at radius 1 is 1.16 bits per heavy atom. The van der Waals surface area contributed by atoms with Gasteiger partial charge in [0.15, 0.2) is 0 Å². The monoisotopic (exact) mass is 388 g/mol. The van der Waals surface area contributed by atoms with Crippen LogP contribution in [0.2, 0.25) is 10.0 Å². The van der Waals surface area contributed by atoms with Gasteiger partial charge in [-0.3, -0.25) is 0 Å². The van der Waals surface area contributed by atoms with E-state index in [1.165, 1.54) is 30.0 Å². The van der Waals surface area contributed by atoms with Crippen molar-refractivity contribution < 1.29 is 22.7 Å². The summed E-state index contributed by atoms with van der Waals surface area (Å²) in [6.45, 7) is 0. The molecule has 25 heavy (non-hydrogen) atoms. The highest BCUT2D eigenvalue weighted by Gasteiger charge is 2.32. The maximum absolute atomic E-state index is 12.8. The van der Waals surface area contributed by atoms with Crippen LogP contribution in [0.3, 0.4) is 0 Å². The molecule has 9 heteroatoms. The van der Waals surface area contributed by atoms with Crippen LogP contribution in [0, 0.1) is 0 Å². The summed E-state index contributed by atoms with van der Waals surface area (Å²) in [5.74, 6) is -0.525. The van der Waals surface area contributed by atoms with Crippen molar-refractivity contribution in [2.24, 2.45) is 0 Å². The molecule has 3 aromatic rings. The zero-order valence-electron chi connectivity index (χ0n) is 12.6. The molecule has 3 rings (SSSR count). The predicted octanol–water partition coefficient (Wildman–Crippen LogP) is 5.11. The Morgan fingerprint density at radius 2 is 1.80 bits per heavy atom. The number of fused-ring (bicyclic) bond motifs is 1. The highest BCUT2D eigenvalue weighted by atomic mass is 35.5. The molecular formula is C16H9Cl2F3N2O2. The Balaban J connectivity index is 2.12. The number of ether oxygens (including phenoxy) is 1. The molecule has 4 nitrogen and oxygen atoms in total. The molecule has 0 saturated carbocycles. The van der Waals surface area contributed by atoms with Crippen LogP contribution in [0.1, 0.15) is 15.9 Å². The lowest BCUT2D eigenvalue weighted by Gasteiger charge is -2.10. The molecule has 0 aliphatic carbocycles. The van der Waals surface area contributed by atoms with E-state index in [2.05, 4.69) is 9.72 Å². The molecule has 0 aliphatic heterocycles. The standard InChI is InChI=1S/C16H9Cl2F3N2O2/c1-25-15(24)8-2-3-13-22-12(7-23(13)6-8)14-10(17)4-9(5-11(14)18)16(19,20)21/h2-7H,1H3. The van der Waals surface area contributed by atoms with Gasteiger partial charge in [-0.2, -0.15) is 13.2 Å². The van der Waals surface area contributed by atoms with Gasteiger partial charge < -0.3 is 9.14 Å². The summed E-state index contributed by atoms with van der Waals surface area (Å²) in [4.78, 5) is 15.9. The van der Waals surface area contributed by atoms with Crippen LogP contribution < -0.4 is 0 Å². The lowest BCUT2D eigenvalue weighted by atomic mass is 10.1. The van der Waals surface area contributed by atoms with Crippen molar-refractivity contribution in [3.63, 3.8) is 0 Å². The van der Waals surface area contributed by atoms with E-state index in [1.54, 1.807) is 6.07 Å². The smallest absolute Gasteiger partial charge is 0.416 e. The van der Waals surface area contributed by atoms with Gasteiger partial charge in [0.25, 0.3) is 0 Å². The van der Waals surface area contributed by atoms with Gasteiger partial charge in [-0.05, 0) is 24.3 Å². The van der Waals surface area contributed by atoms with Gasteiger partial charge in [0.2, 0.25) is 0 Å². The number of carbonyl (C=O) groups is 1. The molecule has 2 aromatic heterocycles. The molecule has 0 saturated heterocycles. The minimum atomic E-state index is -4.56. The number of alkyl halides is 3. The van der Waals surface area contributed by atoms with E-state index in [0.717, 1.165) is 12.1 Å². The maximum Gasteiger partial charge on any atom is 0.416 e. The lowest BCUT2D eigenvalue weighted by Crippen LogP contribution is -2.05. The molecule has 2 heterocycles. The van der Waals surface area contributed by atoms with Crippen LogP contribution in [0.15, 0.2) is 36.7 Å². The first-order chi connectivity index (χ1) is 11.7. The Bertz CT molecular complexity index is 960. The zero-order chi connectivity index (χ0) is 18.4. The highest BCUT2D eigenvalue weighted by molar-refractivity contribution is 6.39. The first-order valence-corrected chi connectivity index (χ1v) is 7.60. The molecule has 0 aliphatic rings. The van der Waals surface area contributed by atoms with Gasteiger partial charge in [0.1, 0.15) is 5.65 Å². The Kier molecular flexibility index (Phi) is 4.38. The summed E-state index contributed by atoms with van der Waals surface area (Å²) in [5, 5.41) is -0.340. The van der Waals surface area contributed by atoms with Crippen molar-refractivity contribution in [1.82, 2.24) is 9.38 Å². The number of benzene rings is 1. The predicted molar refractivity (Wildman–Crippen MR) is 87.0 cm³/mol. The van der Waals surface area contributed by atoms with Crippen molar-refractivity contribution in [3.05, 3.63) is 57.8 Å². The first-order valence-electron chi connectivity index (χ1n) is 6.84. The quantitative estimate of drug-likeness (QED) is 0.572. The fourth-order valence-electron chi connectivity index (χ4n) is 2.33. The summed E-state index contributed by atoms with van der Waals surface area (Å²) < 4.78 is 44.6. The Hall–Kier alpha value is -2.25. The number of carbonyl (C=O) groups excluding carboxylic acids is 1. The van der Waals surface area contributed by atoms with Crippen molar-refractivity contribution >= 4 is 34.8 Å². The molecule has 0 atom stereocenters. The maximum atomic E-state index is 12.8. The SMILES string of the molecule is COC(=O)c1ccc2nc(-c3c(Cl)cc(C(F)(F)F)cc3Cl)cn2c1. The van der Waals surface area contributed by atoms with Crippen molar-refractivity contribution in [2.45, 2.75) is 6.18 Å².